The monoisotopic (exact) mass is 423 g/mol. The van der Waals surface area contributed by atoms with Crippen LogP contribution in [0.5, 0.6) is 0 Å². The summed E-state index contributed by atoms with van der Waals surface area (Å²) in [6.07, 6.45) is 1.15. The van der Waals surface area contributed by atoms with E-state index in [1.165, 1.54) is 13.4 Å². The Bertz CT molecular complexity index is 1050. The number of amides is 3. The van der Waals surface area contributed by atoms with E-state index in [1.54, 1.807) is 47.4 Å². The summed E-state index contributed by atoms with van der Waals surface area (Å²) in [5, 5.41) is 2.79. The number of nitrogens with one attached hydrogen (secondary N) is 1. The summed E-state index contributed by atoms with van der Waals surface area (Å²) in [5.41, 5.74) is -1.11. The van der Waals surface area contributed by atoms with Gasteiger partial charge in [0, 0.05) is 13.1 Å². The molecule has 1 aromatic heterocycles. The first kappa shape index (κ1) is 19.5. The van der Waals surface area contributed by atoms with Crippen LogP contribution >= 0.6 is 0 Å². The number of esters is 1. The van der Waals surface area contributed by atoms with Gasteiger partial charge in [0.05, 0.1) is 43.4 Å². The van der Waals surface area contributed by atoms with Gasteiger partial charge in [0.2, 0.25) is 17.7 Å². The molecule has 160 valence electrons. The van der Waals surface area contributed by atoms with Gasteiger partial charge in [0.15, 0.2) is 0 Å². The van der Waals surface area contributed by atoms with Gasteiger partial charge in [-0.25, -0.2) is 4.90 Å². The number of anilines is 1. The molecule has 3 fully saturated rings. The van der Waals surface area contributed by atoms with E-state index in [2.05, 4.69) is 5.32 Å². The molecule has 0 saturated carbocycles. The van der Waals surface area contributed by atoms with Crippen LogP contribution in [-0.4, -0.2) is 54.3 Å². The highest BCUT2D eigenvalue weighted by molar-refractivity contribution is 6.24. The topological polar surface area (TPSA) is 109 Å². The minimum Gasteiger partial charge on any atom is -0.469 e. The minimum absolute atomic E-state index is 0.336. The normalized spacial score (nSPS) is 30.2. The second-order valence-electron chi connectivity index (χ2n) is 7.94. The zero-order chi connectivity index (χ0) is 21.8. The molecule has 0 aliphatic carbocycles. The molecular weight excluding hydrogens is 402 g/mol. The van der Waals surface area contributed by atoms with E-state index in [1.807, 2.05) is 0 Å². The Morgan fingerprint density at radius 2 is 1.94 bits per heavy atom. The van der Waals surface area contributed by atoms with Gasteiger partial charge in [-0.3, -0.25) is 24.1 Å². The van der Waals surface area contributed by atoms with Crippen molar-refractivity contribution in [2.75, 3.05) is 25.1 Å². The fourth-order valence-corrected chi connectivity index (χ4v) is 5.39. The average Bonchev–Trinajstić information content (AvgIpc) is 3.45. The highest BCUT2D eigenvalue weighted by Gasteiger charge is 2.73. The Balaban J connectivity index is 1.70. The zero-order valence-electron chi connectivity index (χ0n) is 16.8. The number of nitrogens with zero attached hydrogens (tertiary/aromatic N) is 2. The standard InChI is InChI=1S/C22H21N3O6/c1-30-15(26)12-22-17-16(19(27)25(20(17)28)13-6-3-2-4-7-13)18(14-8-5-11-31-14)24(22)10-9-23-21(22)29/h2-8,11,16-18H,9-10,12H2,1H3,(H,23,29)/t16-,17-,18+,22-/m0/s1. The van der Waals surface area contributed by atoms with Gasteiger partial charge >= 0.3 is 5.97 Å². The Kier molecular flexibility index (Phi) is 4.44. The summed E-state index contributed by atoms with van der Waals surface area (Å²) in [4.78, 5) is 56.0. The number of carbonyl (C=O) groups is 4. The predicted octanol–water partition coefficient (Wildman–Crippen LogP) is 0.874. The predicted molar refractivity (Wildman–Crippen MR) is 106 cm³/mol. The fraction of sp³-hybridized carbons (Fsp3) is 0.364. The highest BCUT2D eigenvalue weighted by atomic mass is 16.5. The number of piperazine rings is 1. The summed E-state index contributed by atoms with van der Waals surface area (Å²) in [6, 6.07) is 11.4. The molecule has 1 N–H and O–H groups in total. The molecule has 0 unspecified atom stereocenters. The lowest BCUT2D eigenvalue weighted by Crippen LogP contribution is -2.67. The first-order chi connectivity index (χ1) is 15.0. The summed E-state index contributed by atoms with van der Waals surface area (Å²) in [5.74, 6) is -3.42. The highest BCUT2D eigenvalue weighted by Crippen LogP contribution is 2.57. The summed E-state index contributed by atoms with van der Waals surface area (Å²) in [6.45, 7) is 0.705. The third-order valence-corrected chi connectivity index (χ3v) is 6.58. The van der Waals surface area contributed by atoms with Crippen LogP contribution in [0, 0.1) is 11.8 Å². The first-order valence-corrected chi connectivity index (χ1v) is 10.1. The van der Waals surface area contributed by atoms with Crippen LogP contribution in [0.1, 0.15) is 18.2 Å². The van der Waals surface area contributed by atoms with Crippen LogP contribution in [-0.2, 0) is 23.9 Å². The molecule has 3 amide bonds. The van der Waals surface area contributed by atoms with E-state index in [9.17, 15) is 19.2 Å². The van der Waals surface area contributed by atoms with Crippen molar-refractivity contribution in [2.45, 2.75) is 18.0 Å². The first-order valence-electron chi connectivity index (χ1n) is 10.1. The molecule has 2 aromatic rings. The van der Waals surface area contributed by atoms with Gasteiger partial charge in [-0.15, -0.1) is 0 Å². The van der Waals surface area contributed by atoms with Crippen molar-refractivity contribution in [3.8, 4) is 0 Å². The second-order valence-corrected chi connectivity index (χ2v) is 7.94. The number of fused-ring (bicyclic) bond motifs is 3. The molecule has 3 aliphatic rings. The van der Waals surface area contributed by atoms with Crippen LogP contribution < -0.4 is 10.2 Å². The molecule has 31 heavy (non-hydrogen) atoms. The Labute approximate surface area is 177 Å². The molecule has 1 aromatic carbocycles. The summed E-state index contributed by atoms with van der Waals surface area (Å²) in [7, 11) is 1.23. The van der Waals surface area contributed by atoms with E-state index in [4.69, 9.17) is 9.15 Å². The average molecular weight is 423 g/mol. The van der Waals surface area contributed by atoms with Gasteiger partial charge in [-0.1, -0.05) is 18.2 Å². The smallest absolute Gasteiger partial charge is 0.307 e. The lowest BCUT2D eigenvalue weighted by Gasteiger charge is -2.44. The Morgan fingerprint density at radius 1 is 1.16 bits per heavy atom. The van der Waals surface area contributed by atoms with E-state index in [0.717, 1.165) is 4.90 Å². The Morgan fingerprint density at radius 3 is 2.61 bits per heavy atom. The minimum atomic E-state index is -1.54. The van der Waals surface area contributed by atoms with E-state index < -0.39 is 47.1 Å². The van der Waals surface area contributed by atoms with Gasteiger partial charge in [-0.2, -0.15) is 0 Å². The van der Waals surface area contributed by atoms with Crippen LogP contribution in [0.2, 0.25) is 0 Å². The molecule has 9 nitrogen and oxygen atoms in total. The second kappa shape index (κ2) is 7.05. The van der Waals surface area contributed by atoms with Crippen LogP contribution in [0.25, 0.3) is 0 Å². The number of para-hydroxylation sites is 1. The maximum atomic E-state index is 13.7. The molecule has 3 saturated heterocycles. The molecular formula is C22H21N3O6. The third-order valence-electron chi connectivity index (χ3n) is 6.58. The largest absolute Gasteiger partial charge is 0.469 e. The Hall–Kier alpha value is -3.46. The maximum absolute atomic E-state index is 13.7. The number of carbonyl (C=O) groups excluding carboxylic acids is 4. The molecule has 0 bridgehead atoms. The SMILES string of the molecule is COC(=O)C[C@]12C(=O)NCCN1[C@H](c1ccco1)[C@H]1C(=O)N(c3ccccc3)C(=O)[C@H]12. The zero-order valence-corrected chi connectivity index (χ0v) is 16.8. The number of furan rings is 1. The number of ether oxygens (including phenoxy) is 1. The lowest BCUT2D eigenvalue weighted by molar-refractivity contribution is -0.154. The van der Waals surface area contributed by atoms with Crippen molar-refractivity contribution < 1.29 is 28.3 Å². The van der Waals surface area contributed by atoms with Crippen molar-refractivity contribution >= 4 is 29.4 Å². The number of imide groups is 1. The molecule has 9 heteroatoms. The van der Waals surface area contributed by atoms with Crippen LogP contribution in [0.4, 0.5) is 5.69 Å². The summed E-state index contributed by atoms with van der Waals surface area (Å²) >= 11 is 0. The van der Waals surface area contributed by atoms with Gasteiger partial charge in [0.1, 0.15) is 11.3 Å². The van der Waals surface area contributed by atoms with Crippen molar-refractivity contribution in [3.63, 3.8) is 0 Å². The number of methoxy groups -OCH3 is 1. The molecule has 4 atom stereocenters. The van der Waals surface area contributed by atoms with E-state index >= 15 is 0 Å². The number of hydrogen-bond donors (Lipinski definition) is 1. The van der Waals surface area contributed by atoms with Crippen molar-refractivity contribution in [3.05, 3.63) is 54.5 Å². The molecule has 3 aliphatic heterocycles. The fourth-order valence-electron chi connectivity index (χ4n) is 5.39. The van der Waals surface area contributed by atoms with Gasteiger partial charge in [-0.05, 0) is 24.3 Å². The van der Waals surface area contributed by atoms with Gasteiger partial charge < -0.3 is 14.5 Å². The molecule has 0 spiro atoms. The summed E-state index contributed by atoms with van der Waals surface area (Å²) < 4.78 is 10.5. The van der Waals surface area contributed by atoms with Crippen molar-refractivity contribution in [1.82, 2.24) is 10.2 Å². The van der Waals surface area contributed by atoms with E-state index in [0.29, 0.717) is 24.5 Å². The molecule has 5 rings (SSSR count). The van der Waals surface area contributed by atoms with Crippen LogP contribution in [0.15, 0.2) is 53.1 Å². The quantitative estimate of drug-likeness (QED) is 0.574. The molecule has 0 radical (unpaired) electrons. The number of hydrogen-bond acceptors (Lipinski definition) is 7. The van der Waals surface area contributed by atoms with Gasteiger partial charge in [0.25, 0.3) is 0 Å². The lowest BCUT2D eigenvalue weighted by atomic mass is 9.76. The maximum Gasteiger partial charge on any atom is 0.307 e. The molecule has 4 heterocycles. The number of benzene rings is 1. The third kappa shape index (κ3) is 2.59. The van der Waals surface area contributed by atoms with Crippen molar-refractivity contribution in [2.24, 2.45) is 11.8 Å². The van der Waals surface area contributed by atoms with Crippen molar-refractivity contribution in [1.29, 1.82) is 0 Å². The van der Waals surface area contributed by atoms with E-state index in [-0.39, 0.29) is 6.42 Å². The number of rotatable bonds is 4. The van der Waals surface area contributed by atoms with Crippen LogP contribution in [0.3, 0.4) is 0 Å².